The maximum Gasteiger partial charge on any atom is 0.0257 e. The van der Waals surface area contributed by atoms with E-state index in [9.17, 15) is 0 Å². The van der Waals surface area contributed by atoms with Crippen molar-refractivity contribution >= 4 is 23.5 Å². The molecule has 4 rings (SSSR count). The fraction of sp³-hybridized carbons (Fsp3) is 1.00. The second-order valence-corrected chi connectivity index (χ2v) is 13.2. The molecule has 0 radical (unpaired) electrons. The molecular formula is C20H34S2. The zero-order valence-corrected chi connectivity index (χ0v) is 16.9. The van der Waals surface area contributed by atoms with Crippen LogP contribution in [0.3, 0.4) is 0 Å². The maximum atomic E-state index is 2.57. The van der Waals surface area contributed by atoms with Gasteiger partial charge in [-0.15, -0.1) is 23.5 Å². The van der Waals surface area contributed by atoms with E-state index < -0.39 is 0 Å². The molecule has 8 atom stereocenters. The Balaban J connectivity index is 1.64. The first kappa shape index (κ1) is 16.2. The van der Waals surface area contributed by atoms with Gasteiger partial charge in [-0.1, -0.05) is 27.7 Å². The lowest BCUT2D eigenvalue weighted by molar-refractivity contribution is 0.0470. The summed E-state index contributed by atoms with van der Waals surface area (Å²) in [5.41, 5.74) is 0. The molecule has 2 saturated carbocycles. The summed E-state index contributed by atoms with van der Waals surface area (Å²) in [4.78, 5) is 0. The summed E-state index contributed by atoms with van der Waals surface area (Å²) in [5, 5.41) is 1.99. The van der Waals surface area contributed by atoms with Crippen molar-refractivity contribution in [2.45, 2.75) is 87.2 Å². The average Bonchev–Trinajstić information content (AvgIpc) is 3.28. The van der Waals surface area contributed by atoms with Gasteiger partial charge in [-0.2, -0.15) is 0 Å². The topological polar surface area (TPSA) is 0 Å². The largest absolute Gasteiger partial charge is 0.149 e. The summed E-state index contributed by atoms with van der Waals surface area (Å²) in [7, 11) is 0. The van der Waals surface area contributed by atoms with E-state index in [0.29, 0.717) is 9.49 Å². The highest BCUT2D eigenvalue weighted by molar-refractivity contribution is 8.09. The van der Waals surface area contributed by atoms with Gasteiger partial charge < -0.3 is 0 Å². The zero-order valence-electron chi connectivity index (χ0n) is 15.3. The van der Waals surface area contributed by atoms with Crippen molar-refractivity contribution < 1.29 is 0 Å². The fourth-order valence-corrected chi connectivity index (χ4v) is 9.10. The molecule has 0 amide bonds. The molecule has 0 spiro atoms. The third-order valence-corrected chi connectivity index (χ3v) is 11.2. The third-order valence-electron chi connectivity index (χ3n) is 7.68. The Morgan fingerprint density at radius 3 is 2.23 bits per heavy atom. The van der Waals surface area contributed by atoms with Crippen molar-refractivity contribution in [1.82, 2.24) is 0 Å². The molecule has 2 saturated heterocycles. The van der Waals surface area contributed by atoms with Gasteiger partial charge in [0.2, 0.25) is 0 Å². The Kier molecular flexibility index (Phi) is 3.75. The molecule has 0 nitrogen and oxygen atoms in total. The summed E-state index contributed by atoms with van der Waals surface area (Å²) < 4.78 is 1.32. The molecule has 8 unspecified atom stereocenters. The normalized spacial score (nSPS) is 56.7. The van der Waals surface area contributed by atoms with E-state index >= 15 is 0 Å². The van der Waals surface area contributed by atoms with Crippen LogP contribution < -0.4 is 0 Å². The molecule has 0 bridgehead atoms. The summed E-state index contributed by atoms with van der Waals surface area (Å²) in [6.07, 6.45) is 6.01. The first-order valence-corrected chi connectivity index (χ1v) is 11.4. The average molecular weight is 339 g/mol. The first-order chi connectivity index (χ1) is 10.3. The molecule has 2 aliphatic heterocycles. The molecule has 0 aromatic heterocycles. The molecule has 22 heavy (non-hydrogen) atoms. The fourth-order valence-electron chi connectivity index (χ4n) is 6.13. The minimum absolute atomic E-state index is 0.658. The van der Waals surface area contributed by atoms with Crippen LogP contribution in [0.25, 0.3) is 0 Å². The Labute approximate surface area is 146 Å². The highest BCUT2D eigenvalue weighted by atomic mass is 32.2. The van der Waals surface area contributed by atoms with Crippen LogP contribution in [-0.2, 0) is 0 Å². The highest BCUT2D eigenvalue weighted by Gasteiger charge is 2.66. The van der Waals surface area contributed by atoms with Gasteiger partial charge in [0.25, 0.3) is 0 Å². The van der Waals surface area contributed by atoms with E-state index in [1.54, 1.807) is 0 Å². The van der Waals surface area contributed by atoms with Crippen molar-refractivity contribution in [3.8, 4) is 0 Å². The molecule has 4 aliphatic rings. The van der Waals surface area contributed by atoms with Crippen LogP contribution in [0.5, 0.6) is 0 Å². The highest BCUT2D eigenvalue weighted by Crippen LogP contribution is 2.72. The molecule has 0 aromatic carbocycles. The summed E-state index contributed by atoms with van der Waals surface area (Å²) in [5.74, 6) is 5.74. The van der Waals surface area contributed by atoms with Gasteiger partial charge in [0.1, 0.15) is 0 Å². The zero-order chi connectivity index (χ0) is 15.9. The van der Waals surface area contributed by atoms with E-state index in [2.05, 4.69) is 65.1 Å². The maximum absolute atomic E-state index is 2.57. The predicted molar refractivity (Wildman–Crippen MR) is 102 cm³/mol. The van der Waals surface area contributed by atoms with Crippen LogP contribution in [0.4, 0.5) is 0 Å². The van der Waals surface area contributed by atoms with Crippen LogP contribution in [0, 0.1) is 35.5 Å². The molecule has 2 heterocycles. The minimum atomic E-state index is 0.658. The molecule has 2 heteroatoms. The minimum Gasteiger partial charge on any atom is -0.149 e. The summed E-state index contributed by atoms with van der Waals surface area (Å²) in [6.45, 7) is 15.1. The van der Waals surface area contributed by atoms with Crippen LogP contribution in [-0.4, -0.2) is 20.0 Å². The van der Waals surface area contributed by atoms with E-state index in [4.69, 9.17) is 0 Å². The smallest absolute Gasteiger partial charge is 0.0257 e. The molecule has 0 aromatic rings. The number of hydrogen-bond donors (Lipinski definition) is 0. The first-order valence-electron chi connectivity index (χ1n) is 9.61. The van der Waals surface area contributed by atoms with Gasteiger partial charge >= 0.3 is 0 Å². The van der Waals surface area contributed by atoms with Crippen LogP contribution in [0.1, 0.15) is 67.2 Å². The predicted octanol–water partition coefficient (Wildman–Crippen LogP) is 6.10. The van der Waals surface area contributed by atoms with Gasteiger partial charge in [0, 0.05) is 20.0 Å². The lowest BCUT2D eigenvalue weighted by Crippen LogP contribution is -2.45. The molecule has 126 valence electrons. The van der Waals surface area contributed by atoms with Crippen molar-refractivity contribution in [3.05, 3.63) is 0 Å². The Morgan fingerprint density at radius 1 is 0.909 bits per heavy atom. The second-order valence-electron chi connectivity index (χ2n) is 9.81. The van der Waals surface area contributed by atoms with Crippen molar-refractivity contribution in [2.24, 2.45) is 35.5 Å². The molecular weight excluding hydrogens is 304 g/mol. The monoisotopic (exact) mass is 338 g/mol. The quantitative estimate of drug-likeness (QED) is 0.570. The van der Waals surface area contributed by atoms with Gasteiger partial charge in [-0.05, 0) is 75.0 Å². The number of hydrogen-bond acceptors (Lipinski definition) is 2. The van der Waals surface area contributed by atoms with E-state index in [0.717, 1.165) is 46.0 Å². The van der Waals surface area contributed by atoms with E-state index in [1.165, 1.54) is 25.7 Å². The van der Waals surface area contributed by atoms with Crippen molar-refractivity contribution in [1.29, 1.82) is 0 Å². The lowest BCUT2D eigenvalue weighted by atomic mass is 9.57. The standard InChI is InChI=1S/C20H34S2/c1-11(2)13-7-8-19(5)18(22-19)17(13)15-10-20(6)16(21-20)9-14(15)12(3)4/h11-18H,7-10H2,1-6H3. The Hall–Kier alpha value is 0.700. The molecule has 2 aliphatic carbocycles. The second kappa shape index (κ2) is 5.10. The van der Waals surface area contributed by atoms with Gasteiger partial charge in [0.15, 0.2) is 0 Å². The summed E-state index contributed by atoms with van der Waals surface area (Å²) in [6, 6.07) is 0. The molecule has 0 N–H and O–H groups in total. The number of fused-ring (bicyclic) bond motifs is 2. The lowest BCUT2D eigenvalue weighted by Gasteiger charge is -2.47. The molecule has 4 fully saturated rings. The third kappa shape index (κ3) is 2.41. The van der Waals surface area contributed by atoms with Crippen LogP contribution in [0.2, 0.25) is 0 Å². The van der Waals surface area contributed by atoms with Gasteiger partial charge in [-0.25, -0.2) is 0 Å². The van der Waals surface area contributed by atoms with Crippen molar-refractivity contribution in [3.63, 3.8) is 0 Å². The van der Waals surface area contributed by atoms with E-state index in [1.807, 2.05) is 0 Å². The van der Waals surface area contributed by atoms with Crippen molar-refractivity contribution in [2.75, 3.05) is 0 Å². The van der Waals surface area contributed by atoms with Gasteiger partial charge in [-0.3, -0.25) is 0 Å². The Bertz CT molecular complexity index is 459. The van der Waals surface area contributed by atoms with Crippen LogP contribution >= 0.6 is 23.5 Å². The van der Waals surface area contributed by atoms with E-state index in [-0.39, 0.29) is 0 Å². The Morgan fingerprint density at radius 2 is 1.59 bits per heavy atom. The number of rotatable bonds is 3. The number of thioether (sulfide) groups is 2. The SMILES string of the molecule is CC(C)C1CC2SC2(C)CC1C1C(C(C)C)CCC2(C)SC12. The summed E-state index contributed by atoms with van der Waals surface area (Å²) >= 11 is 4.65. The van der Waals surface area contributed by atoms with Gasteiger partial charge in [0.05, 0.1) is 0 Å². The van der Waals surface area contributed by atoms with Crippen LogP contribution in [0.15, 0.2) is 0 Å².